The molecular formula is C14H28N2O2. The summed E-state index contributed by atoms with van der Waals surface area (Å²) in [5.74, 6) is -0.160. The molecule has 0 spiro atoms. The molecule has 1 aliphatic heterocycles. The van der Waals surface area contributed by atoms with Gasteiger partial charge >= 0.3 is 5.97 Å². The van der Waals surface area contributed by atoms with Crippen LogP contribution in [-0.4, -0.2) is 49.7 Å². The average molecular weight is 256 g/mol. The Balaban J connectivity index is 2.57. The van der Waals surface area contributed by atoms with Crippen molar-refractivity contribution in [3.63, 3.8) is 0 Å². The van der Waals surface area contributed by atoms with Gasteiger partial charge in [-0.3, -0.25) is 4.79 Å². The monoisotopic (exact) mass is 256 g/mol. The first-order chi connectivity index (χ1) is 8.34. The molecule has 1 N–H and O–H groups in total. The number of hydrogen-bond donors (Lipinski definition) is 1. The Kier molecular flexibility index (Phi) is 5.60. The number of methoxy groups -OCH3 is 1. The SMILES string of the molecule is COC(=O)C(CN1CCCC(C)(C)C1)NC(C)C. The van der Waals surface area contributed by atoms with Crippen LogP contribution in [0.2, 0.25) is 0 Å². The summed E-state index contributed by atoms with van der Waals surface area (Å²) in [5, 5.41) is 3.29. The standard InChI is InChI=1S/C14H28N2O2/c1-11(2)15-12(13(17)18-5)9-16-8-6-7-14(3,4)10-16/h11-12,15H,6-10H2,1-5H3. The Hall–Kier alpha value is -0.610. The van der Waals surface area contributed by atoms with Crippen LogP contribution >= 0.6 is 0 Å². The molecule has 0 aliphatic carbocycles. The smallest absolute Gasteiger partial charge is 0.324 e. The number of likely N-dealkylation sites (tertiary alicyclic amines) is 1. The first-order valence-corrected chi connectivity index (χ1v) is 6.90. The van der Waals surface area contributed by atoms with Crippen LogP contribution in [0.1, 0.15) is 40.5 Å². The third kappa shape index (κ3) is 4.94. The average Bonchev–Trinajstić information content (AvgIpc) is 2.25. The summed E-state index contributed by atoms with van der Waals surface area (Å²) in [5.41, 5.74) is 0.358. The van der Waals surface area contributed by atoms with E-state index in [4.69, 9.17) is 4.74 Å². The van der Waals surface area contributed by atoms with Gasteiger partial charge < -0.3 is 15.0 Å². The topological polar surface area (TPSA) is 41.6 Å². The second-order valence-corrected chi connectivity index (χ2v) is 6.40. The van der Waals surface area contributed by atoms with Crippen LogP contribution in [-0.2, 0) is 9.53 Å². The highest BCUT2D eigenvalue weighted by Crippen LogP contribution is 2.28. The lowest BCUT2D eigenvalue weighted by Gasteiger charge is -2.39. The number of nitrogens with zero attached hydrogens (tertiary/aromatic N) is 1. The summed E-state index contributed by atoms with van der Waals surface area (Å²) in [6.45, 7) is 11.6. The number of carbonyl (C=O) groups is 1. The molecule has 4 nitrogen and oxygen atoms in total. The molecule has 1 heterocycles. The fraction of sp³-hybridized carbons (Fsp3) is 0.929. The molecule has 1 saturated heterocycles. The van der Waals surface area contributed by atoms with Crippen molar-refractivity contribution < 1.29 is 9.53 Å². The number of ether oxygens (including phenoxy) is 1. The van der Waals surface area contributed by atoms with Gasteiger partial charge in [-0.05, 0) is 24.8 Å². The van der Waals surface area contributed by atoms with Crippen LogP contribution < -0.4 is 5.32 Å². The Morgan fingerprint density at radius 2 is 2.11 bits per heavy atom. The molecule has 0 aromatic heterocycles. The van der Waals surface area contributed by atoms with Crippen LogP contribution in [0.25, 0.3) is 0 Å². The van der Waals surface area contributed by atoms with E-state index in [0.717, 1.165) is 19.6 Å². The lowest BCUT2D eigenvalue weighted by molar-refractivity contribution is -0.144. The molecule has 4 heteroatoms. The van der Waals surface area contributed by atoms with Crippen molar-refractivity contribution in [1.29, 1.82) is 0 Å². The molecule has 1 rings (SSSR count). The molecule has 0 aromatic rings. The third-order valence-electron chi connectivity index (χ3n) is 3.44. The first-order valence-electron chi connectivity index (χ1n) is 6.90. The number of nitrogens with one attached hydrogen (secondary N) is 1. The van der Waals surface area contributed by atoms with E-state index in [-0.39, 0.29) is 18.1 Å². The zero-order valence-corrected chi connectivity index (χ0v) is 12.5. The number of hydrogen-bond acceptors (Lipinski definition) is 4. The van der Waals surface area contributed by atoms with Crippen LogP contribution in [0.5, 0.6) is 0 Å². The molecule has 1 atom stereocenters. The van der Waals surface area contributed by atoms with Gasteiger partial charge in [-0.15, -0.1) is 0 Å². The second-order valence-electron chi connectivity index (χ2n) is 6.40. The lowest BCUT2D eigenvalue weighted by Crippen LogP contribution is -2.52. The summed E-state index contributed by atoms with van der Waals surface area (Å²) in [6.07, 6.45) is 2.48. The third-order valence-corrected chi connectivity index (χ3v) is 3.44. The maximum absolute atomic E-state index is 11.8. The molecule has 1 unspecified atom stereocenters. The largest absolute Gasteiger partial charge is 0.468 e. The van der Waals surface area contributed by atoms with Crippen molar-refractivity contribution in [2.75, 3.05) is 26.7 Å². The van der Waals surface area contributed by atoms with Gasteiger partial charge in [0.1, 0.15) is 6.04 Å². The predicted molar refractivity (Wildman–Crippen MR) is 73.5 cm³/mol. The summed E-state index contributed by atoms with van der Waals surface area (Å²) < 4.78 is 4.88. The summed E-state index contributed by atoms with van der Waals surface area (Å²) in [6, 6.07) is 0.0656. The molecule has 1 aliphatic rings. The van der Waals surface area contributed by atoms with Crippen molar-refractivity contribution in [2.45, 2.75) is 52.6 Å². The molecule has 0 saturated carbocycles. The number of rotatable bonds is 5. The Morgan fingerprint density at radius 1 is 1.44 bits per heavy atom. The molecule has 18 heavy (non-hydrogen) atoms. The molecule has 0 amide bonds. The van der Waals surface area contributed by atoms with Gasteiger partial charge in [0.15, 0.2) is 0 Å². The van der Waals surface area contributed by atoms with Gasteiger partial charge in [0.25, 0.3) is 0 Å². The van der Waals surface area contributed by atoms with E-state index in [1.54, 1.807) is 0 Å². The van der Waals surface area contributed by atoms with Crippen molar-refractivity contribution in [1.82, 2.24) is 10.2 Å². The highest BCUT2D eigenvalue weighted by molar-refractivity contribution is 5.76. The fourth-order valence-electron chi connectivity index (χ4n) is 2.70. The second kappa shape index (κ2) is 6.53. The Bertz CT molecular complexity index is 277. The molecule has 0 radical (unpaired) electrons. The van der Waals surface area contributed by atoms with Gasteiger partial charge in [0.05, 0.1) is 7.11 Å². The first kappa shape index (κ1) is 15.4. The van der Waals surface area contributed by atoms with Crippen molar-refractivity contribution in [2.24, 2.45) is 5.41 Å². The number of esters is 1. The van der Waals surface area contributed by atoms with Gasteiger partial charge in [-0.1, -0.05) is 27.7 Å². The van der Waals surface area contributed by atoms with Crippen LogP contribution in [0.3, 0.4) is 0 Å². The minimum Gasteiger partial charge on any atom is -0.468 e. The van der Waals surface area contributed by atoms with Crippen LogP contribution in [0.15, 0.2) is 0 Å². The molecule has 0 aromatic carbocycles. The fourth-order valence-corrected chi connectivity index (χ4v) is 2.70. The van der Waals surface area contributed by atoms with Crippen molar-refractivity contribution >= 4 is 5.97 Å². The van der Waals surface area contributed by atoms with E-state index in [9.17, 15) is 4.79 Å². The highest BCUT2D eigenvalue weighted by Gasteiger charge is 2.30. The predicted octanol–water partition coefficient (Wildman–Crippen LogP) is 1.65. The zero-order valence-electron chi connectivity index (χ0n) is 12.5. The van der Waals surface area contributed by atoms with Crippen molar-refractivity contribution in [3.05, 3.63) is 0 Å². The summed E-state index contributed by atoms with van der Waals surface area (Å²) >= 11 is 0. The Morgan fingerprint density at radius 3 is 2.61 bits per heavy atom. The minimum atomic E-state index is -0.219. The highest BCUT2D eigenvalue weighted by atomic mass is 16.5. The maximum Gasteiger partial charge on any atom is 0.324 e. The van der Waals surface area contributed by atoms with E-state index in [1.165, 1.54) is 20.0 Å². The van der Waals surface area contributed by atoms with Gasteiger partial charge in [-0.2, -0.15) is 0 Å². The molecule has 1 fully saturated rings. The van der Waals surface area contributed by atoms with Crippen LogP contribution in [0, 0.1) is 5.41 Å². The van der Waals surface area contributed by atoms with E-state index < -0.39 is 0 Å². The Labute approximate surface area is 111 Å². The van der Waals surface area contributed by atoms with E-state index in [1.807, 2.05) is 0 Å². The van der Waals surface area contributed by atoms with Gasteiger partial charge in [-0.25, -0.2) is 0 Å². The minimum absolute atomic E-state index is 0.160. The molecule has 106 valence electrons. The van der Waals surface area contributed by atoms with E-state index in [2.05, 4.69) is 37.9 Å². The summed E-state index contributed by atoms with van der Waals surface area (Å²) in [7, 11) is 1.46. The van der Waals surface area contributed by atoms with E-state index in [0.29, 0.717) is 5.41 Å². The number of carbonyl (C=O) groups excluding carboxylic acids is 1. The lowest BCUT2D eigenvalue weighted by atomic mass is 9.84. The number of piperidine rings is 1. The van der Waals surface area contributed by atoms with Gasteiger partial charge in [0, 0.05) is 19.1 Å². The van der Waals surface area contributed by atoms with Crippen LogP contribution in [0.4, 0.5) is 0 Å². The molecule has 0 bridgehead atoms. The van der Waals surface area contributed by atoms with E-state index >= 15 is 0 Å². The molecular weight excluding hydrogens is 228 g/mol. The van der Waals surface area contributed by atoms with Gasteiger partial charge in [0.2, 0.25) is 0 Å². The zero-order chi connectivity index (χ0) is 13.8. The summed E-state index contributed by atoms with van der Waals surface area (Å²) in [4.78, 5) is 14.1. The maximum atomic E-state index is 11.8. The normalized spacial score (nSPS) is 21.9. The quantitative estimate of drug-likeness (QED) is 0.759. The van der Waals surface area contributed by atoms with Crippen molar-refractivity contribution in [3.8, 4) is 0 Å².